The first-order valence-electron chi connectivity index (χ1n) is 5.91. The zero-order chi connectivity index (χ0) is 14.6. The molecular weight excluding hydrogens is 340 g/mol. The molecule has 1 aromatic carbocycles. The first-order chi connectivity index (χ1) is 8.80. The van der Waals surface area contributed by atoms with Crippen LogP contribution in [0.2, 0.25) is 0 Å². The van der Waals surface area contributed by atoms with E-state index >= 15 is 0 Å². The van der Waals surface area contributed by atoms with Gasteiger partial charge in [-0.15, -0.1) is 0 Å². The molecule has 0 saturated carbocycles. The van der Waals surface area contributed by atoms with E-state index in [1.165, 1.54) is 7.05 Å². The van der Waals surface area contributed by atoms with Gasteiger partial charge in [0.1, 0.15) is 16.5 Å². The summed E-state index contributed by atoms with van der Waals surface area (Å²) in [5.41, 5.74) is 0. The van der Waals surface area contributed by atoms with E-state index in [4.69, 9.17) is 0 Å². The molecule has 0 atom stereocenters. The lowest BCUT2D eigenvalue weighted by Crippen LogP contribution is -2.29. The summed E-state index contributed by atoms with van der Waals surface area (Å²) in [7, 11) is -2.56. The molecule has 7 heteroatoms. The third-order valence-electron chi connectivity index (χ3n) is 2.71. The van der Waals surface area contributed by atoms with Crippen LogP contribution in [0.3, 0.4) is 0 Å². The van der Waals surface area contributed by atoms with Crippen LogP contribution in [0.15, 0.2) is 21.5 Å². The molecule has 0 amide bonds. The normalized spacial score (nSPS) is 12.1. The van der Waals surface area contributed by atoms with E-state index < -0.39 is 26.6 Å². The number of nitrogens with zero attached hydrogens (tertiary/aromatic N) is 1. The van der Waals surface area contributed by atoms with Crippen LogP contribution in [0.25, 0.3) is 0 Å². The molecular formula is C12H16BrF2NO2S. The molecule has 0 radical (unpaired) electrons. The van der Waals surface area contributed by atoms with Gasteiger partial charge in [-0.05, 0) is 28.4 Å². The predicted octanol–water partition coefficient (Wildman–Crippen LogP) is 3.54. The second-order valence-corrected chi connectivity index (χ2v) is 7.07. The van der Waals surface area contributed by atoms with E-state index in [0.29, 0.717) is 19.0 Å². The van der Waals surface area contributed by atoms with Gasteiger partial charge in [0.15, 0.2) is 0 Å². The largest absolute Gasteiger partial charge is 0.246 e. The number of unbranched alkanes of at least 4 members (excludes halogenated alkanes) is 2. The van der Waals surface area contributed by atoms with Crippen molar-refractivity contribution in [3.8, 4) is 0 Å². The van der Waals surface area contributed by atoms with Crippen molar-refractivity contribution in [2.45, 2.75) is 31.1 Å². The van der Waals surface area contributed by atoms with Gasteiger partial charge in [0.05, 0.1) is 0 Å². The molecule has 0 saturated heterocycles. The molecule has 1 aromatic rings. The summed E-state index contributed by atoms with van der Waals surface area (Å²) in [6, 6.07) is 1.51. The Bertz CT molecular complexity index is 526. The highest BCUT2D eigenvalue weighted by molar-refractivity contribution is 9.10. The van der Waals surface area contributed by atoms with Crippen LogP contribution in [0, 0.1) is 11.6 Å². The lowest BCUT2D eigenvalue weighted by molar-refractivity contribution is 0.447. The number of benzene rings is 1. The summed E-state index contributed by atoms with van der Waals surface area (Å²) in [6.07, 6.45) is 2.56. The fraction of sp³-hybridized carbons (Fsp3) is 0.500. The van der Waals surface area contributed by atoms with Crippen molar-refractivity contribution in [2.75, 3.05) is 13.6 Å². The fourth-order valence-corrected chi connectivity index (χ4v) is 3.95. The molecule has 0 aliphatic rings. The van der Waals surface area contributed by atoms with Crippen molar-refractivity contribution in [1.29, 1.82) is 0 Å². The standard InChI is InChI=1S/C12H16BrF2NO2S/c1-3-4-5-6-16(2)19(17,18)12-10(13)7-9(14)8-11(12)15/h7-8H,3-6H2,1-2H3. The minimum atomic E-state index is -3.95. The molecule has 1 rings (SSSR count). The predicted molar refractivity (Wildman–Crippen MR) is 73.4 cm³/mol. The van der Waals surface area contributed by atoms with Crippen LogP contribution in [0.1, 0.15) is 26.2 Å². The number of sulfonamides is 1. The van der Waals surface area contributed by atoms with Gasteiger partial charge in [-0.3, -0.25) is 0 Å². The highest BCUT2D eigenvalue weighted by Crippen LogP contribution is 2.28. The zero-order valence-corrected chi connectivity index (χ0v) is 13.2. The molecule has 0 N–H and O–H groups in total. The number of hydrogen-bond acceptors (Lipinski definition) is 2. The van der Waals surface area contributed by atoms with Crippen molar-refractivity contribution < 1.29 is 17.2 Å². The smallest absolute Gasteiger partial charge is 0.207 e. The highest BCUT2D eigenvalue weighted by atomic mass is 79.9. The summed E-state index contributed by atoms with van der Waals surface area (Å²) in [5, 5.41) is 0. The van der Waals surface area contributed by atoms with Crippen molar-refractivity contribution in [3.63, 3.8) is 0 Å². The Hall–Kier alpha value is -0.530. The van der Waals surface area contributed by atoms with Gasteiger partial charge in [-0.25, -0.2) is 21.5 Å². The molecule has 0 bridgehead atoms. The van der Waals surface area contributed by atoms with Crippen molar-refractivity contribution >= 4 is 26.0 Å². The average molecular weight is 356 g/mol. The van der Waals surface area contributed by atoms with Crippen LogP contribution >= 0.6 is 15.9 Å². The number of halogens is 3. The molecule has 0 heterocycles. The second kappa shape index (κ2) is 6.76. The zero-order valence-electron chi connectivity index (χ0n) is 10.8. The Morgan fingerprint density at radius 3 is 2.42 bits per heavy atom. The molecule has 108 valence electrons. The Kier molecular flexibility index (Phi) is 5.88. The average Bonchev–Trinajstić information content (AvgIpc) is 2.27. The topological polar surface area (TPSA) is 37.4 Å². The Labute approximate surface area is 120 Å². The van der Waals surface area contributed by atoms with Crippen LogP contribution in [0.5, 0.6) is 0 Å². The van der Waals surface area contributed by atoms with E-state index in [1.54, 1.807) is 0 Å². The quantitative estimate of drug-likeness (QED) is 0.732. The van der Waals surface area contributed by atoms with Gasteiger partial charge in [-0.1, -0.05) is 19.8 Å². The third-order valence-corrected chi connectivity index (χ3v) is 5.53. The molecule has 0 spiro atoms. The minimum Gasteiger partial charge on any atom is -0.207 e. The number of hydrogen-bond donors (Lipinski definition) is 0. The second-order valence-electron chi connectivity index (χ2n) is 4.23. The molecule has 0 aromatic heterocycles. The minimum absolute atomic E-state index is 0.104. The molecule has 19 heavy (non-hydrogen) atoms. The summed E-state index contributed by atoms with van der Waals surface area (Å²) in [4.78, 5) is -0.520. The Balaban J connectivity index is 3.07. The lowest BCUT2D eigenvalue weighted by Gasteiger charge is -2.18. The lowest BCUT2D eigenvalue weighted by atomic mass is 10.2. The van der Waals surface area contributed by atoms with Crippen LogP contribution in [0.4, 0.5) is 8.78 Å². The van der Waals surface area contributed by atoms with E-state index in [0.717, 1.165) is 23.2 Å². The maximum absolute atomic E-state index is 13.7. The first kappa shape index (κ1) is 16.5. The Morgan fingerprint density at radius 2 is 1.89 bits per heavy atom. The highest BCUT2D eigenvalue weighted by Gasteiger charge is 2.27. The van der Waals surface area contributed by atoms with Crippen LogP contribution in [-0.4, -0.2) is 26.3 Å². The maximum atomic E-state index is 13.7. The van der Waals surface area contributed by atoms with Gasteiger partial charge in [0, 0.05) is 24.1 Å². The van der Waals surface area contributed by atoms with Gasteiger partial charge >= 0.3 is 0 Å². The van der Waals surface area contributed by atoms with E-state index in [2.05, 4.69) is 15.9 Å². The maximum Gasteiger partial charge on any atom is 0.246 e. The molecule has 0 fully saturated rings. The van der Waals surface area contributed by atoms with Gasteiger partial charge < -0.3 is 0 Å². The number of rotatable bonds is 6. The van der Waals surface area contributed by atoms with Crippen molar-refractivity contribution in [2.24, 2.45) is 0 Å². The molecule has 0 unspecified atom stereocenters. The summed E-state index contributed by atoms with van der Waals surface area (Å²) in [6.45, 7) is 2.31. The van der Waals surface area contributed by atoms with Crippen LogP contribution in [-0.2, 0) is 10.0 Å². The summed E-state index contributed by atoms with van der Waals surface area (Å²) in [5.74, 6) is -1.91. The summed E-state index contributed by atoms with van der Waals surface area (Å²) < 4.78 is 52.1. The SMILES string of the molecule is CCCCCN(C)S(=O)(=O)c1c(F)cc(F)cc1Br. The van der Waals surface area contributed by atoms with Crippen LogP contribution < -0.4 is 0 Å². The fourth-order valence-electron chi connectivity index (χ4n) is 1.64. The molecule has 0 aliphatic carbocycles. The van der Waals surface area contributed by atoms with E-state index in [9.17, 15) is 17.2 Å². The van der Waals surface area contributed by atoms with Gasteiger partial charge in [0.25, 0.3) is 0 Å². The molecule has 0 aliphatic heterocycles. The summed E-state index contributed by atoms with van der Waals surface area (Å²) >= 11 is 2.90. The van der Waals surface area contributed by atoms with Crippen molar-refractivity contribution in [1.82, 2.24) is 4.31 Å². The van der Waals surface area contributed by atoms with Gasteiger partial charge in [0.2, 0.25) is 10.0 Å². The van der Waals surface area contributed by atoms with Gasteiger partial charge in [-0.2, -0.15) is 0 Å². The Morgan fingerprint density at radius 1 is 1.26 bits per heavy atom. The van der Waals surface area contributed by atoms with E-state index in [1.807, 2.05) is 6.92 Å². The molecule has 3 nitrogen and oxygen atoms in total. The monoisotopic (exact) mass is 355 g/mol. The van der Waals surface area contributed by atoms with Crippen molar-refractivity contribution in [3.05, 3.63) is 28.2 Å². The third kappa shape index (κ3) is 3.97. The first-order valence-corrected chi connectivity index (χ1v) is 8.15. The van der Waals surface area contributed by atoms with E-state index in [-0.39, 0.29) is 4.47 Å².